The maximum Gasteiger partial charge on any atom is 0.416 e. The van der Waals surface area contributed by atoms with E-state index in [0.717, 1.165) is 17.7 Å². The minimum absolute atomic E-state index is 0.0233. The molecule has 0 fully saturated rings. The predicted octanol–water partition coefficient (Wildman–Crippen LogP) is 7.98. The molecule has 0 aromatic heterocycles. The number of aliphatic imine (C=N–C) groups is 1. The third-order valence-corrected chi connectivity index (χ3v) is 6.49. The summed E-state index contributed by atoms with van der Waals surface area (Å²) in [6, 6.07) is 30.4. The van der Waals surface area contributed by atoms with Crippen molar-refractivity contribution in [3.63, 3.8) is 0 Å². The molecule has 0 aliphatic carbocycles. The van der Waals surface area contributed by atoms with Crippen LogP contribution in [-0.2, 0) is 39.0 Å². The fraction of sp³-hybridized carbons (Fsp3) is 0.229. The number of carbonyl (C=O) groups excluding carboxylic acids is 2. The van der Waals surface area contributed by atoms with Crippen LogP contribution >= 0.6 is 0 Å². The van der Waals surface area contributed by atoms with E-state index in [0.29, 0.717) is 5.56 Å². The van der Waals surface area contributed by atoms with Crippen molar-refractivity contribution in [3.8, 4) is 0 Å². The van der Waals surface area contributed by atoms with Gasteiger partial charge < -0.3 is 9.47 Å². The van der Waals surface area contributed by atoms with E-state index >= 15 is 0 Å². The van der Waals surface area contributed by atoms with Crippen molar-refractivity contribution in [3.05, 3.63) is 143 Å². The van der Waals surface area contributed by atoms with Crippen LogP contribution < -0.4 is 0 Å². The molecule has 1 atom stereocenters. The Kier molecular flexibility index (Phi) is 9.49. The molecule has 1 unspecified atom stereocenters. The van der Waals surface area contributed by atoms with E-state index < -0.39 is 34.9 Å². The highest BCUT2D eigenvalue weighted by Crippen LogP contribution is 2.37. The number of alkyl halides is 3. The lowest BCUT2D eigenvalue weighted by Gasteiger charge is -2.36. The first-order chi connectivity index (χ1) is 20.4. The molecule has 4 aromatic rings. The van der Waals surface area contributed by atoms with Gasteiger partial charge in [0.05, 0.1) is 17.7 Å². The quantitative estimate of drug-likeness (QED) is 0.147. The molecule has 0 saturated carbocycles. The second-order valence-electron chi connectivity index (χ2n) is 11.0. The number of benzene rings is 4. The van der Waals surface area contributed by atoms with E-state index in [4.69, 9.17) is 9.47 Å². The summed E-state index contributed by atoms with van der Waals surface area (Å²) in [6.07, 6.45) is -4.71. The first-order valence-corrected chi connectivity index (χ1v) is 13.7. The molecule has 0 amide bonds. The summed E-state index contributed by atoms with van der Waals surface area (Å²) < 4.78 is 52.8. The molecule has 0 bridgehead atoms. The first-order valence-electron chi connectivity index (χ1n) is 13.7. The van der Waals surface area contributed by atoms with Crippen LogP contribution in [0.2, 0.25) is 0 Å². The highest BCUT2D eigenvalue weighted by Gasteiger charge is 2.48. The van der Waals surface area contributed by atoms with Gasteiger partial charge >= 0.3 is 18.1 Å². The van der Waals surface area contributed by atoms with Crippen molar-refractivity contribution in [2.75, 3.05) is 0 Å². The lowest BCUT2D eigenvalue weighted by Crippen LogP contribution is -2.48. The molecule has 0 radical (unpaired) electrons. The Hall–Kier alpha value is -4.72. The molecule has 0 N–H and O–H groups in total. The Morgan fingerprint density at radius 3 is 1.65 bits per heavy atom. The van der Waals surface area contributed by atoms with Gasteiger partial charge in [-0.25, -0.2) is 9.59 Å². The smallest absolute Gasteiger partial charge is 0.416 e. The highest BCUT2D eigenvalue weighted by molar-refractivity contribution is 6.40. The number of hydrogen-bond donors (Lipinski definition) is 0. The zero-order chi connectivity index (χ0) is 31.1. The van der Waals surface area contributed by atoms with Crippen molar-refractivity contribution in [2.24, 2.45) is 4.99 Å². The number of esters is 2. The topological polar surface area (TPSA) is 65.0 Å². The molecule has 0 spiro atoms. The first kappa shape index (κ1) is 31.2. The average molecular weight is 588 g/mol. The van der Waals surface area contributed by atoms with Crippen molar-refractivity contribution < 1.29 is 32.2 Å². The number of hydrogen-bond acceptors (Lipinski definition) is 5. The molecule has 4 rings (SSSR count). The normalized spacial score (nSPS) is 13.6. The molecule has 0 heterocycles. The van der Waals surface area contributed by atoms with E-state index in [1.54, 1.807) is 81.4 Å². The van der Waals surface area contributed by atoms with Crippen LogP contribution in [-0.4, -0.2) is 23.3 Å². The number of ether oxygens (including phenoxy) is 2. The molecule has 222 valence electrons. The van der Waals surface area contributed by atoms with E-state index in [1.807, 2.05) is 30.3 Å². The monoisotopic (exact) mass is 587 g/mol. The second-order valence-corrected chi connectivity index (χ2v) is 11.0. The van der Waals surface area contributed by atoms with Gasteiger partial charge in [0.15, 0.2) is 11.3 Å². The largest absolute Gasteiger partial charge is 0.455 e. The summed E-state index contributed by atoms with van der Waals surface area (Å²) in [4.78, 5) is 32.4. The summed E-state index contributed by atoms with van der Waals surface area (Å²) in [6.45, 7) is 5.08. The van der Waals surface area contributed by atoms with Crippen LogP contribution in [0.3, 0.4) is 0 Å². The Balaban J connectivity index is 1.99. The van der Waals surface area contributed by atoms with Crippen LogP contribution in [0.1, 0.15) is 53.4 Å². The van der Waals surface area contributed by atoms with Crippen molar-refractivity contribution in [2.45, 2.75) is 51.1 Å². The Labute approximate surface area is 249 Å². The summed E-state index contributed by atoms with van der Waals surface area (Å²) >= 11 is 0. The van der Waals surface area contributed by atoms with Crippen LogP contribution in [0.15, 0.2) is 120 Å². The molecule has 5 nitrogen and oxygen atoms in total. The molecule has 0 aliphatic heterocycles. The maximum atomic E-state index is 14.0. The Bertz CT molecular complexity index is 1550. The molecule has 8 heteroatoms. The van der Waals surface area contributed by atoms with Gasteiger partial charge in [-0.2, -0.15) is 13.2 Å². The molecule has 43 heavy (non-hydrogen) atoms. The third kappa shape index (κ3) is 8.19. The van der Waals surface area contributed by atoms with Crippen LogP contribution in [0.4, 0.5) is 13.2 Å². The maximum absolute atomic E-state index is 14.0. The predicted molar refractivity (Wildman–Crippen MR) is 159 cm³/mol. The van der Waals surface area contributed by atoms with Gasteiger partial charge in [0, 0.05) is 12.0 Å². The standard InChI is InChI=1S/C35H32F3NO4/c1-33(2,3)42-32(41)30(39-24-26-15-9-5-10-16-26)34(23-25-13-7-4-8-14-25,43-31(40)27-17-11-6-12-18-27)28-19-21-29(22-20-28)35(36,37)38/h4-22H,23-24H2,1-3H3. The molecular formula is C35H32F3NO4. The Morgan fingerprint density at radius 1 is 0.651 bits per heavy atom. The van der Waals surface area contributed by atoms with Crippen molar-refractivity contribution in [1.82, 2.24) is 0 Å². The van der Waals surface area contributed by atoms with Crippen LogP contribution in [0.5, 0.6) is 0 Å². The Morgan fingerprint density at radius 2 is 1.14 bits per heavy atom. The summed E-state index contributed by atoms with van der Waals surface area (Å²) in [5.74, 6) is -1.65. The van der Waals surface area contributed by atoms with E-state index in [2.05, 4.69) is 4.99 Å². The van der Waals surface area contributed by atoms with Crippen molar-refractivity contribution in [1.29, 1.82) is 0 Å². The minimum atomic E-state index is -4.60. The zero-order valence-corrected chi connectivity index (χ0v) is 24.1. The fourth-order valence-corrected chi connectivity index (χ4v) is 4.51. The van der Waals surface area contributed by atoms with Crippen LogP contribution in [0.25, 0.3) is 0 Å². The summed E-state index contributed by atoms with van der Waals surface area (Å²) in [5.41, 5.74) is -2.32. The average Bonchev–Trinajstić information content (AvgIpc) is 2.97. The van der Waals surface area contributed by atoms with E-state index in [-0.39, 0.29) is 29.8 Å². The second kappa shape index (κ2) is 13.1. The SMILES string of the molecule is CC(C)(C)OC(=O)C(=NCc1ccccc1)C(Cc1ccccc1)(OC(=O)c1ccccc1)c1ccc(C(F)(F)F)cc1. The van der Waals surface area contributed by atoms with Crippen molar-refractivity contribution >= 4 is 17.7 Å². The van der Waals surface area contributed by atoms with Gasteiger partial charge in [0.2, 0.25) is 0 Å². The number of rotatable bonds is 9. The summed E-state index contributed by atoms with van der Waals surface area (Å²) in [5, 5.41) is 0. The molecule has 4 aromatic carbocycles. The van der Waals surface area contributed by atoms with Gasteiger partial charge in [-0.1, -0.05) is 91.0 Å². The van der Waals surface area contributed by atoms with E-state index in [1.165, 1.54) is 12.1 Å². The lowest BCUT2D eigenvalue weighted by molar-refractivity contribution is -0.147. The fourth-order valence-electron chi connectivity index (χ4n) is 4.51. The summed E-state index contributed by atoms with van der Waals surface area (Å²) in [7, 11) is 0. The van der Waals surface area contributed by atoms with Gasteiger partial charge in [0.1, 0.15) is 5.60 Å². The number of nitrogens with zero attached hydrogens (tertiary/aromatic N) is 1. The van der Waals surface area contributed by atoms with Gasteiger partial charge in [-0.05, 0) is 56.2 Å². The molecular weight excluding hydrogens is 555 g/mol. The van der Waals surface area contributed by atoms with Gasteiger partial charge in [0.25, 0.3) is 0 Å². The lowest BCUT2D eigenvalue weighted by atomic mass is 9.81. The number of halogens is 3. The molecule has 0 saturated heterocycles. The molecule has 0 aliphatic rings. The number of carbonyl (C=O) groups is 2. The van der Waals surface area contributed by atoms with E-state index in [9.17, 15) is 22.8 Å². The van der Waals surface area contributed by atoms with Crippen LogP contribution in [0, 0.1) is 0 Å². The highest BCUT2D eigenvalue weighted by atomic mass is 19.4. The van der Waals surface area contributed by atoms with Gasteiger partial charge in [-0.15, -0.1) is 0 Å². The third-order valence-electron chi connectivity index (χ3n) is 6.49. The van der Waals surface area contributed by atoms with Gasteiger partial charge in [-0.3, -0.25) is 4.99 Å². The minimum Gasteiger partial charge on any atom is -0.455 e. The zero-order valence-electron chi connectivity index (χ0n) is 24.1.